The van der Waals surface area contributed by atoms with E-state index in [1.54, 1.807) is 18.2 Å². The summed E-state index contributed by atoms with van der Waals surface area (Å²) in [6.45, 7) is 2.30. The third-order valence-corrected chi connectivity index (χ3v) is 4.62. The Balaban J connectivity index is 2.03. The van der Waals surface area contributed by atoms with Crippen LogP contribution >= 0.6 is 0 Å². The van der Waals surface area contributed by atoms with Crippen LogP contribution < -0.4 is 4.74 Å². The molecule has 0 aromatic heterocycles. The molecule has 0 unspecified atom stereocenters. The molecule has 0 aliphatic carbocycles. The lowest BCUT2D eigenvalue weighted by molar-refractivity contribution is -0.232. The van der Waals surface area contributed by atoms with E-state index in [4.69, 9.17) is 9.47 Å². The fraction of sp³-hybridized carbons (Fsp3) is 0.684. The molecule has 0 radical (unpaired) electrons. The van der Waals surface area contributed by atoms with E-state index in [0.29, 0.717) is 17.9 Å². The molecule has 0 saturated carbocycles. The molecule has 1 heterocycles. The summed E-state index contributed by atoms with van der Waals surface area (Å²) in [6.07, 6.45) is -0.180. The minimum Gasteiger partial charge on any atom is -0.493 e. The maximum atomic E-state index is 10.3. The average Bonchev–Trinajstić information content (AvgIpc) is 2.63. The van der Waals surface area contributed by atoms with E-state index in [0.717, 1.165) is 12.8 Å². The van der Waals surface area contributed by atoms with Gasteiger partial charge in [-0.15, -0.1) is 0 Å². The van der Waals surface area contributed by atoms with Crippen molar-refractivity contribution in [2.75, 3.05) is 13.2 Å². The van der Waals surface area contributed by atoms with Crippen LogP contribution in [0.2, 0.25) is 0 Å². The minimum atomic E-state index is -1.39. The second-order valence-electron chi connectivity index (χ2n) is 6.55. The molecule has 6 heteroatoms. The van der Waals surface area contributed by atoms with Crippen molar-refractivity contribution in [2.45, 2.75) is 69.5 Å². The number of para-hydroxylation sites is 1. The second-order valence-corrected chi connectivity index (χ2v) is 6.55. The maximum absolute atomic E-state index is 10.3. The van der Waals surface area contributed by atoms with Crippen molar-refractivity contribution >= 4 is 0 Å². The molecule has 1 saturated heterocycles. The Morgan fingerprint density at radius 3 is 2.40 bits per heavy atom. The first-order chi connectivity index (χ1) is 12.1. The molecule has 5 atom stereocenters. The van der Waals surface area contributed by atoms with Gasteiger partial charge >= 0.3 is 0 Å². The summed E-state index contributed by atoms with van der Waals surface area (Å²) in [5, 5.41) is 39.5. The molecule has 0 spiro atoms. The topological polar surface area (TPSA) is 99.4 Å². The van der Waals surface area contributed by atoms with E-state index in [1.807, 2.05) is 6.07 Å². The zero-order valence-corrected chi connectivity index (χ0v) is 14.8. The molecule has 1 aromatic carbocycles. The van der Waals surface area contributed by atoms with E-state index < -0.39 is 37.1 Å². The summed E-state index contributed by atoms with van der Waals surface area (Å²) in [6, 6.07) is 7.19. The first kappa shape index (κ1) is 20.1. The summed E-state index contributed by atoms with van der Waals surface area (Å²) < 4.78 is 11.5. The first-order valence-electron chi connectivity index (χ1n) is 9.12. The molecular formula is C19H30O6. The number of benzene rings is 1. The van der Waals surface area contributed by atoms with Gasteiger partial charge in [0.05, 0.1) is 13.2 Å². The average molecular weight is 354 g/mol. The Bertz CT molecular complexity index is 506. The van der Waals surface area contributed by atoms with Crippen LogP contribution in [0.1, 0.15) is 50.7 Å². The molecule has 6 nitrogen and oxygen atoms in total. The minimum absolute atomic E-state index is 0.443. The SMILES string of the molecule is CCCCCCCOc1ccccc1[C@H]1O[C@H](CO)[C@H](O)[C@H](O)[C@H]1O. The van der Waals surface area contributed by atoms with Crippen LogP contribution in [-0.2, 0) is 4.74 Å². The van der Waals surface area contributed by atoms with Gasteiger partial charge in [-0.25, -0.2) is 0 Å². The summed E-state index contributed by atoms with van der Waals surface area (Å²) >= 11 is 0. The van der Waals surface area contributed by atoms with Gasteiger partial charge in [0.15, 0.2) is 0 Å². The van der Waals surface area contributed by atoms with Crippen LogP contribution in [0.4, 0.5) is 0 Å². The van der Waals surface area contributed by atoms with Gasteiger partial charge < -0.3 is 29.9 Å². The van der Waals surface area contributed by atoms with Crippen molar-refractivity contribution in [1.82, 2.24) is 0 Å². The third kappa shape index (κ3) is 5.15. The number of ether oxygens (including phenoxy) is 2. The molecule has 25 heavy (non-hydrogen) atoms. The number of aliphatic hydroxyl groups is 4. The Hall–Kier alpha value is -1.18. The Kier molecular flexibility index (Phi) is 8.12. The van der Waals surface area contributed by atoms with Crippen LogP contribution in [0.5, 0.6) is 5.75 Å². The Labute approximate surface area is 149 Å². The Morgan fingerprint density at radius 2 is 1.68 bits per heavy atom. The number of hydrogen-bond donors (Lipinski definition) is 4. The second kappa shape index (κ2) is 10.1. The fourth-order valence-corrected chi connectivity index (χ4v) is 3.09. The molecule has 2 rings (SSSR count). The van der Waals surface area contributed by atoms with Gasteiger partial charge in [0.2, 0.25) is 0 Å². The highest BCUT2D eigenvalue weighted by atomic mass is 16.5. The van der Waals surface area contributed by atoms with Crippen molar-refractivity contribution in [3.05, 3.63) is 29.8 Å². The highest BCUT2D eigenvalue weighted by Crippen LogP contribution is 2.36. The lowest BCUT2D eigenvalue weighted by Gasteiger charge is -2.40. The number of rotatable bonds is 9. The quantitative estimate of drug-likeness (QED) is 0.502. The zero-order valence-electron chi connectivity index (χ0n) is 14.8. The molecule has 1 fully saturated rings. The lowest BCUT2D eigenvalue weighted by Crippen LogP contribution is -2.55. The highest BCUT2D eigenvalue weighted by Gasteiger charge is 2.44. The van der Waals surface area contributed by atoms with Crippen molar-refractivity contribution in [3.8, 4) is 5.75 Å². The van der Waals surface area contributed by atoms with Crippen LogP contribution in [0.3, 0.4) is 0 Å². The van der Waals surface area contributed by atoms with Crippen molar-refractivity contribution in [1.29, 1.82) is 0 Å². The third-order valence-electron chi connectivity index (χ3n) is 4.62. The van der Waals surface area contributed by atoms with Gasteiger partial charge in [0.1, 0.15) is 36.3 Å². The van der Waals surface area contributed by atoms with Crippen molar-refractivity contribution in [2.24, 2.45) is 0 Å². The van der Waals surface area contributed by atoms with Crippen molar-refractivity contribution in [3.63, 3.8) is 0 Å². The summed E-state index contributed by atoms with van der Waals surface area (Å²) in [5.41, 5.74) is 0.605. The van der Waals surface area contributed by atoms with Gasteiger partial charge in [-0.3, -0.25) is 0 Å². The number of unbranched alkanes of at least 4 members (excludes halogenated alkanes) is 4. The van der Waals surface area contributed by atoms with Crippen LogP contribution in [0.15, 0.2) is 24.3 Å². The molecular weight excluding hydrogens is 324 g/mol. The molecule has 0 bridgehead atoms. The summed E-state index contributed by atoms with van der Waals surface area (Å²) in [7, 11) is 0. The van der Waals surface area contributed by atoms with Gasteiger partial charge in [0, 0.05) is 5.56 Å². The molecule has 142 valence electrons. The largest absolute Gasteiger partial charge is 0.493 e. The van der Waals surface area contributed by atoms with E-state index in [1.165, 1.54) is 19.3 Å². The van der Waals surface area contributed by atoms with Crippen molar-refractivity contribution < 1.29 is 29.9 Å². The zero-order chi connectivity index (χ0) is 18.2. The van der Waals surface area contributed by atoms with E-state index in [2.05, 4.69) is 6.92 Å². The smallest absolute Gasteiger partial charge is 0.125 e. The maximum Gasteiger partial charge on any atom is 0.125 e. The van der Waals surface area contributed by atoms with Gasteiger partial charge in [-0.05, 0) is 12.5 Å². The monoisotopic (exact) mass is 354 g/mol. The van der Waals surface area contributed by atoms with Crippen LogP contribution in [-0.4, -0.2) is 58.1 Å². The molecule has 1 aromatic rings. The summed E-state index contributed by atoms with van der Waals surface area (Å²) in [4.78, 5) is 0. The predicted octanol–water partition coefficient (Wildman–Crippen LogP) is 1.55. The van der Waals surface area contributed by atoms with Gasteiger partial charge in [-0.1, -0.05) is 50.8 Å². The number of aliphatic hydroxyl groups excluding tert-OH is 4. The van der Waals surface area contributed by atoms with Gasteiger partial charge in [-0.2, -0.15) is 0 Å². The predicted molar refractivity (Wildman–Crippen MR) is 93.4 cm³/mol. The number of hydrogen-bond acceptors (Lipinski definition) is 6. The van der Waals surface area contributed by atoms with Gasteiger partial charge in [0.25, 0.3) is 0 Å². The molecule has 0 amide bonds. The molecule has 1 aliphatic heterocycles. The molecule has 4 N–H and O–H groups in total. The van der Waals surface area contributed by atoms with Crippen LogP contribution in [0, 0.1) is 0 Å². The lowest BCUT2D eigenvalue weighted by atomic mass is 9.91. The Morgan fingerprint density at radius 1 is 0.960 bits per heavy atom. The standard InChI is InChI=1S/C19H30O6/c1-2-3-4-5-8-11-24-14-10-7-6-9-13(14)19-18(23)17(22)16(21)15(12-20)25-19/h6-7,9-10,15-23H,2-5,8,11-12H2,1H3/t15-,16+,17+,18-,19-/m1/s1. The fourth-order valence-electron chi connectivity index (χ4n) is 3.09. The van der Waals surface area contributed by atoms with E-state index in [-0.39, 0.29) is 0 Å². The summed E-state index contributed by atoms with van der Waals surface area (Å²) in [5.74, 6) is 0.585. The van der Waals surface area contributed by atoms with E-state index >= 15 is 0 Å². The highest BCUT2D eigenvalue weighted by molar-refractivity contribution is 5.36. The van der Waals surface area contributed by atoms with E-state index in [9.17, 15) is 20.4 Å². The normalized spacial score (nSPS) is 29.6. The first-order valence-corrected chi connectivity index (χ1v) is 9.12. The molecule has 1 aliphatic rings. The van der Waals surface area contributed by atoms with Crippen LogP contribution in [0.25, 0.3) is 0 Å².